The number of hydrogen-bond acceptors (Lipinski definition) is 4. The second-order valence-electron chi connectivity index (χ2n) is 6.74. The molecule has 0 aliphatic rings. The Morgan fingerprint density at radius 3 is 2.46 bits per heavy atom. The van der Waals surface area contributed by atoms with Gasteiger partial charge >= 0.3 is 0 Å². The van der Waals surface area contributed by atoms with Crippen LogP contribution in [-0.2, 0) is 11.3 Å². The number of nitriles is 1. The first-order valence-corrected chi connectivity index (χ1v) is 8.77. The van der Waals surface area contributed by atoms with E-state index in [4.69, 9.17) is 0 Å². The van der Waals surface area contributed by atoms with Gasteiger partial charge in [0.2, 0.25) is 0 Å². The van der Waals surface area contributed by atoms with Crippen molar-refractivity contribution in [3.05, 3.63) is 67.9 Å². The van der Waals surface area contributed by atoms with E-state index >= 15 is 0 Å². The van der Waals surface area contributed by atoms with Crippen LogP contribution in [0.5, 0.6) is 0 Å². The molecule has 0 aliphatic heterocycles. The molecule has 4 nitrogen and oxygen atoms in total. The molecule has 2 rings (SSSR count). The second kappa shape index (κ2) is 7.63. The molecule has 0 radical (unpaired) electrons. The second-order valence-corrected chi connectivity index (χ2v) is 7.77. The summed E-state index contributed by atoms with van der Waals surface area (Å²) in [6, 6.07) is 7.68. The molecule has 0 bridgehead atoms. The minimum absolute atomic E-state index is 0.0415. The Labute approximate surface area is 154 Å². The quantitative estimate of drug-likeness (QED) is 0.776. The summed E-state index contributed by atoms with van der Waals surface area (Å²) in [6.45, 7) is 8.99. The van der Waals surface area contributed by atoms with Crippen LogP contribution in [0.3, 0.4) is 0 Å². The maximum absolute atomic E-state index is 13.1. The van der Waals surface area contributed by atoms with Gasteiger partial charge in [-0.15, -0.1) is 17.9 Å². The summed E-state index contributed by atoms with van der Waals surface area (Å²) in [4.78, 5) is 25.4. The average molecular weight is 370 g/mol. The molecule has 1 aromatic carbocycles. The summed E-state index contributed by atoms with van der Waals surface area (Å²) in [7, 11) is 0. The monoisotopic (exact) mass is 370 g/mol. The highest BCUT2D eigenvalue weighted by Gasteiger charge is 2.27. The molecule has 2 aromatic rings. The lowest BCUT2D eigenvalue weighted by molar-refractivity contribution is -0.120. The number of hydrogen-bond donors (Lipinski definition) is 0. The number of thiazole rings is 1. The van der Waals surface area contributed by atoms with Gasteiger partial charge < -0.3 is 0 Å². The predicted octanol–water partition coefficient (Wildman–Crippen LogP) is 2.35. The number of rotatable bonds is 4. The average Bonchev–Trinajstić information content (AvgIpc) is 2.87. The third kappa shape index (κ3) is 4.06. The first-order chi connectivity index (χ1) is 12.2. The molecule has 1 aromatic heterocycles. The van der Waals surface area contributed by atoms with Crippen LogP contribution in [0.25, 0.3) is 11.6 Å². The van der Waals surface area contributed by atoms with Crippen LogP contribution in [0.1, 0.15) is 26.3 Å². The Morgan fingerprint density at radius 1 is 1.35 bits per heavy atom. The molecule has 0 amide bonds. The summed E-state index contributed by atoms with van der Waals surface area (Å²) < 4.78 is 15.1. The van der Waals surface area contributed by atoms with Crippen molar-refractivity contribution in [3.8, 4) is 6.07 Å². The Balaban J connectivity index is 2.83. The van der Waals surface area contributed by atoms with Crippen molar-refractivity contribution in [3.63, 3.8) is 0 Å². The predicted molar refractivity (Wildman–Crippen MR) is 101 cm³/mol. The van der Waals surface area contributed by atoms with E-state index in [2.05, 4.69) is 6.58 Å². The molecule has 0 saturated heterocycles. The van der Waals surface area contributed by atoms with E-state index in [0.717, 1.165) is 11.3 Å². The molecule has 134 valence electrons. The van der Waals surface area contributed by atoms with E-state index in [9.17, 15) is 19.2 Å². The number of nitrogens with zero attached hydrogens (tertiary/aromatic N) is 2. The van der Waals surface area contributed by atoms with Gasteiger partial charge in [0.25, 0.3) is 5.56 Å². The lowest BCUT2D eigenvalue weighted by Crippen LogP contribution is -2.34. The first-order valence-electron chi connectivity index (χ1n) is 7.96. The molecular weight excluding hydrogens is 351 g/mol. The van der Waals surface area contributed by atoms with Gasteiger partial charge in [0.1, 0.15) is 22.1 Å². The molecule has 1 heterocycles. The Bertz CT molecular complexity index is 1060. The fourth-order valence-corrected chi connectivity index (χ4v) is 3.39. The van der Waals surface area contributed by atoms with Gasteiger partial charge in [-0.3, -0.25) is 14.2 Å². The van der Waals surface area contributed by atoms with E-state index < -0.39 is 5.41 Å². The van der Waals surface area contributed by atoms with Crippen LogP contribution < -0.4 is 14.8 Å². The summed E-state index contributed by atoms with van der Waals surface area (Å²) >= 11 is 1.08. The smallest absolute Gasteiger partial charge is 0.269 e. The number of ketones is 1. The van der Waals surface area contributed by atoms with Gasteiger partial charge in [-0.2, -0.15) is 5.26 Å². The standard InChI is InChI=1S/C20H19FN2O2S/c1-5-10-23-18(25)16(11-13-6-8-14(21)9-7-13)26-19(23)15(12-22)17(24)20(2,3)4/h5-9,11H,1,10H2,2-4H3/b16-11+,19-15+. The maximum Gasteiger partial charge on any atom is 0.269 e. The number of carbonyl (C=O) groups is 1. The molecular formula is C20H19FN2O2S. The molecule has 0 N–H and O–H groups in total. The summed E-state index contributed by atoms with van der Waals surface area (Å²) in [5, 5.41) is 9.53. The van der Waals surface area contributed by atoms with Crippen LogP contribution in [-0.4, -0.2) is 10.4 Å². The number of carbonyl (C=O) groups excluding carboxylic acids is 1. The number of benzene rings is 1. The van der Waals surface area contributed by atoms with E-state index in [1.165, 1.54) is 22.8 Å². The zero-order chi connectivity index (χ0) is 19.5. The van der Waals surface area contributed by atoms with Gasteiger partial charge in [0.05, 0.1) is 4.53 Å². The minimum atomic E-state index is -0.745. The third-order valence-electron chi connectivity index (χ3n) is 3.62. The molecule has 0 aliphatic carbocycles. The zero-order valence-electron chi connectivity index (χ0n) is 14.9. The van der Waals surface area contributed by atoms with Crippen LogP contribution in [0.4, 0.5) is 4.39 Å². The molecule has 26 heavy (non-hydrogen) atoms. The third-order valence-corrected chi connectivity index (χ3v) is 4.75. The summed E-state index contributed by atoms with van der Waals surface area (Å²) in [6.07, 6.45) is 3.15. The van der Waals surface area contributed by atoms with Crippen molar-refractivity contribution >= 4 is 28.8 Å². The van der Waals surface area contributed by atoms with E-state index in [1.807, 2.05) is 6.07 Å². The molecule has 0 fully saturated rings. The highest BCUT2D eigenvalue weighted by atomic mass is 32.1. The van der Waals surface area contributed by atoms with Crippen molar-refractivity contribution in [1.29, 1.82) is 5.26 Å². The van der Waals surface area contributed by atoms with Crippen LogP contribution in [0.15, 0.2) is 41.7 Å². The Morgan fingerprint density at radius 2 is 1.96 bits per heavy atom. The summed E-state index contributed by atoms with van der Waals surface area (Å²) in [5.41, 5.74) is -0.447. The number of aromatic nitrogens is 1. The van der Waals surface area contributed by atoms with Crippen LogP contribution in [0.2, 0.25) is 0 Å². The molecule has 0 unspecified atom stereocenters. The summed E-state index contributed by atoms with van der Waals surface area (Å²) in [5.74, 6) is -0.693. The van der Waals surface area contributed by atoms with Crippen LogP contribution in [0, 0.1) is 22.6 Å². The fourth-order valence-electron chi connectivity index (χ4n) is 2.28. The first kappa shape index (κ1) is 19.5. The van der Waals surface area contributed by atoms with Crippen molar-refractivity contribution in [2.45, 2.75) is 27.3 Å². The highest BCUT2D eigenvalue weighted by Crippen LogP contribution is 2.19. The van der Waals surface area contributed by atoms with Gasteiger partial charge in [0, 0.05) is 12.0 Å². The van der Waals surface area contributed by atoms with Crippen molar-refractivity contribution in [2.75, 3.05) is 0 Å². The molecule has 0 spiro atoms. The fraction of sp³-hybridized carbons (Fsp3) is 0.250. The SMILES string of the molecule is C=CCn1c(=O)/c(=C\c2ccc(F)cc2)s/c1=C(\C#N)C(=O)C(C)(C)C. The molecule has 6 heteroatoms. The van der Waals surface area contributed by atoms with E-state index in [0.29, 0.717) is 14.8 Å². The van der Waals surface area contributed by atoms with Gasteiger partial charge in [-0.05, 0) is 23.8 Å². The largest absolute Gasteiger partial charge is 0.294 e. The maximum atomic E-state index is 13.1. The van der Waals surface area contributed by atoms with Crippen LogP contribution >= 0.6 is 11.3 Å². The number of halogens is 1. The van der Waals surface area contributed by atoms with E-state index in [1.54, 1.807) is 39.0 Å². The lowest BCUT2D eigenvalue weighted by atomic mass is 9.87. The molecule has 0 saturated carbocycles. The minimum Gasteiger partial charge on any atom is -0.294 e. The van der Waals surface area contributed by atoms with Crippen molar-refractivity contribution < 1.29 is 9.18 Å². The van der Waals surface area contributed by atoms with Gasteiger partial charge in [-0.1, -0.05) is 39.0 Å². The van der Waals surface area contributed by atoms with Gasteiger partial charge in [-0.25, -0.2) is 4.39 Å². The number of allylic oxidation sites excluding steroid dienone is 1. The topological polar surface area (TPSA) is 62.9 Å². The Kier molecular flexibility index (Phi) is 5.73. The van der Waals surface area contributed by atoms with E-state index in [-0.39, 0.29) is 29.3 Å². The van der Waals surface area contributed by atoms with Crippen molar-refractivity contribution in [1.82, 2.24) is 4.57 Å². The van der Waals surface area contributed by atoms with Crippen molar-refractivity contribution in [2.24, 2.45) is 5.41 Å². The lowest BCUT2D eigenvalue weighted by Gasteiger charge is -2.15. The number of Topliss-reactive ketones (excluding diaryl/α,β-unsaturated/α-hetero) is 1. The molecule has 0 atom stereocenters. The zero-order valence-corrected chi connectivity index (χ0v) is 15.7. The highest BCUT2D eigenvalue weighted by molar-refractivity contribution is 7.07. The Hall–Kier alpha value is -2.78. The van der Waals surface area contributed by atoms with Gasteiger partial charge in [0.15, 0.2) is 5.78 Å². The normalized spacial score (nSPS) is 13.3.